The van der Waals surface area contributed by atoms with Crippen molar-refractivity contribution in [3.63, 3.8) is 0 Å². The Balaban J connectivity index is 2.03. The minimum Gasteiger partial charge on any atom is -0.453 e. The van der Waals surface area contributed by atoms with E-state index < -0.39 is 23.3 Å². The Kier molecular flexibility index (Phi) is 7.62. The van der Waals surface area contributed by atoms with Crippen molar-refractivity contribution < 1.29 is 23.4 Å². The fourth-order valence-corrected chi connectivity index (χ4v) is 4.43. The average molecular weight is 433 g/mol. The van der Waals surface area contributed by atoms with E-state index in [4.69, 9.17) is 0 Å². The second kappa shape index (κ2) is 10.2. The maximum Gasteiger partial charge on any atom is 0.406 e. The summed E-state index contributed by atoms with van der Waals surface area (Å²) in [6.07, 6.45) is 1.84. The van der Waals surface area contributed by atoms with Crippen molar-refractivity contribution in [3.05, 3.63) is 59.2 Å². The Morgan fingerprint density at radius 1 is 1.29 bits per heavy atom. The molecule has 3 rings (SSSR count). The Bertz CT molecular complexity index is 916. The highest BCUT2D eigenvalue weighted by molar-refractivity contribution is 5.70. The van der Waals surface area contributed by atoms with E-state index in [1.807, 2.05) is 6.92 Å². The van der Waals surface area contributed by atoms with Gasteiger partial charge in [0.15, 0.2) is 0 Å². The van der Waals surface area contributed by atoms with Gasteiger partial charge in [0, 0.05) is 30.1 Å². The summed E-state index contributed by atoms with van der Waals surface area (Å²) in [5, 5.41) is 17.9. The van der Waals surface area contributed by atoms with Crippen LogP contribution in [0.2, 0.25) is 0 Å². The van der Waals surface area contributed by atoms with E-state index in [2.05, 4.69) is 15.4 Å². The average Bonchev–Trinajstić information content (AvgIpc) is 2.78. The molecule has 0 bridgehead atoms. The molecular formula is C24H30F2N2O3. The number of ether oxygens (including phenoxy) is 1. The largest absolute Gasteiger partial charge is 0.453 e. The quantitative estimate of drug-likeness (QED) is 0.572. The van der Waals surface area contributed by atoms with E-state index in [1.54, 1.807) is 24.3 Å². The van der Waals surface area contributed by atoms with E-state index in [9.17, 15) is 14.3 Å². The van der Waals surface area contributed by atoms with Crippen LogP contribution in [0.4, 0.5) is 13.6 Å². The van der Waals surface area contributed by atoms with E-state index in [0.717, 1.165) is 24.9 Å². The van der Waals surface area contributed by atoms with Crippen LogP contribution >= 0.6 is 0 Å². The van der Waals surface area contributed by atoms with Crippen LogP contribution in [-0.4, -0.2) is 37.9 Å². The number of carbonyl (C=O) groups is 1. The third-order valence-corrected chi connectivity index (χ3v) is 6.03. The van der Waals surface area contributed by atoms with Crippen LogP contribution in [0.15, 0.2) is 36.4 Å². The highest BCUT2D eigenvalue weighted by atomic mass is 19.1. The van der Waals surface area contributed by atoms with Gasteiger partial charge in [0.25, 0.3) is 0 Å². The van der Waals surface area contributed by atoms with Crippen LogP contribution < -0.4 is 10.6 Å². The molecule has 0 aromatic heterocycles. The lowest BCUT2D eigenvalue weighted by molar-refractivity contribution is -0.0417. The number of alkyl carbamates (subject to hydrolysis) is 1. The SMILES string of the molecule is COC(=O)NCCC[C@@](O)(c1cccc(F)c1-c1cc(C)ccc1F)[C@@H]1CCCNC1. The van der Waals surface area contributed by atoms with Crippen molar-refractivity contribution >= 4 is 6.09 Å². The summed E-state index contributed by atoms with van der Waals surface area (Å²) in [6.45, 7) is 3.56. The molecule has 31 heavy (non-hydrogen) atoms. The molecule has 2 aromatic carbocycles. The van der Waals surface area contributed by atoms with Crippen LogP contribution in [0.3, 0.4) is 0 Å². The van der Waals surface area contributed by atoms with Crippen molar-refractivity contribution in [1.29, 1.82) is 0 Å². The van der Waals surface area contributed by atoms with Gasteiger partial charge in [-0.1, -0.05) is 23.8 Å². The van der Waals surface area contributed by atoms with Gasteiger partial charge in [-0.2, -0.15) is 0 Å². The normalized spacial score (nSPS) is 18.3. The van der Waals surface area contributed by atoms with Crippen LogP contribution in [0.25, 0.3) is 11.1 Å². The van der Waals surface area contributed by atoms with Crippen molar-refractivity contribution in [1.82, 2.24) is 10.6 Å². The summed E-state index contributed by atoms with van der Waals surface area (Å²) in [7, 11) is 1.29. The molecule has 168 valence electrons. The maximum absolute atomic E-state index is 15.1. The lowest BCUT2D eigenvalue weighted by Crippen LogP contribution is -2.45. The number of hydrogen-bond donors (Lipinski definition) is 3. The van der Waals surface area contributed by atoms with Crippen LogP contribution in [0.5, 0.6) is 0 Å². The minimum absolute atomic E-state index is 0.0951. The van der Waals surface area contributed by atoms with Crippen LogP contribution in [0.1, 0.15) is 36.8 Å². The number of methoxy groups -OCH3 is 1. The zero-order valence-corrected chi connectivity index (χ0v) is 18.0. The molecule has 2 aromatic rings. The Morgan fingerprint density at radius 2 is 2.10 bits per heavy atom. The molecule has 1 fully saturated rings. The van der Waals surface area contributed by atoms with Gasteiger partial charge < -0.3 is 20.5 Å². The first-order valence-electron chi connectivity index (χ1n) is 10.7. The van der Waals surface area contributed by atoms with Gasteiger partial charge in [-0.25, -0.2) is 13.6 Å². The Labute approximate surface area is 181 Å². The summed E-state index contributed by atoms with van der Waals surface area (Å²) in [5.41, 5.74) is 0.0268. The van der Waals surface area contributed by atoms with Crippen molar-refractivity contribution in [2.75, 3.05) is 26.7 Å². The van der Waals surface area contributed by atoms with Gasteiger partial charge in [0.2, 0.25) is 0 Å². The summed E-state index contributed by atoms with van der Waals surface area (Å²) in [6, 6.07) is 9.09. The predicted molar refractivity (Wildman–Crippen MR) is 116 cm³/mol. The second-order valence-corrected chi connectivity index (χ2v) is 8.14. The molecule has 1 heterocycles. The summed E-state index contributed by atoms with van der Waals surface area (Å²) >= 11 is 0. The zero-order valence-electron chi connectivity index (χ0n) is 18.0. The third kappa shape index (κ3) is 5.22. The lowest BCUT2D eigenvalue weighted by atomic mass is 9.72. The number of hydrogen-bond acceptors (Lipinski definition) is 4. The van der Waals surface area contributed by atoms with Crippen molar-refractivity contribution in [3.8, 4) is 11.1 Å². The van der Waals surface area contributed by atoms with E-state index in [0.29, 0.717) is 25.1 Å². The standard InChI is InChI=1S/C24H30F2N2O3/c1-16-9-10-20(25)18(14-16)22-19(7-3-8-21(22)26)24(30,17-6-4-12-27-15-17)11-5-13-28-23(29)31-2/h3,7-10,14,17,27,30H,4-6,11-13,15H2,1-2H3,(H,28,29)/t17-,24+/m1/s1. The van der Waals surface area contributed by atoms with Gasteiger partial charge in [-0.3, -0.25) is 0 Å². The summed E-state index contributed by atoms with van der Waals surface area (Å²) < 4.78 is 34.5. The number of benzene rings is 2. The Morgan fingerprint density at radius 3 is 2.81 bits per heavy atom. The second-order valence-electron chi connectivity index (χ2n) is 8.14. The first-order valence-corrected chi connectivity index (χ1v) is 10.7. The van der Waals surface area contributed by atoms with Gasteiger partial charge in [-0.15, -0.1) is 0 Å². The van der Waals surface area contributed by atoms with E-state index in [1.165, 1.54) is 19.2 Å². The number of piperidine rings is 1. The number of nitrogens with one attached hydrogen (secondary N) is 2. The van der Waals surface area contributed by atoms with Gasteiger partial charge >= 0.3 is 6.09 Å². The monoisotopic (exact) mass is 432 g/mol. The molecular weight excluding hydrogens is 402 g/mol. The van der Waals surface area contributed by atoms with Crippen LogP contribution in [-0.2, 0) is 10.3 Å². The van der Waals surface area contributed by atoms with Gasteiger partial charge in [0.1, 0.15) is 11.6 Å². The van der Waals surface area contributed by atoms with Gasteiger partial charge in [-0.05, 0) is 62.9 Å². The molecule has 1 amide bonds. The lowest BCUT2D eigenvalue weighted by Gasteiger charge is -2.40. The molecule has 1 aliphatic rings. The highest BCUT2D eigenvalue weighted by Gasteiger charge is 2.41. The minimum atomic E-state index is -1.39. The number of aryl methyl sites for hydroxylation is 1. The Hall–Kier alpha value is -2.51. The number of halogens is 2. The predicted octanol–water partition coefficient (Wildman–Crippen LogP) is 4.26. The maximum atomic E-state index is 15.1. The first kappa shape index (κ1) is 23.2. The fourth-order valence-electron chi connectivity index (χ4n) is 4.43. The van der Waals surface area contributed by atoms with Crippen molar-refractivity contribution in [2.45, 2.75) is 38.2 Å². The first-order chi connectivity index (χ1) is 14.9. The van der Waals surface area contributed by atoms with E-state index in [-0.39, 0.29) is 23.5 Å². The number of rotatable bonds is 7. The van der Waals surface area contributed by atoms with E-state index >= 15 is 4.39 Å². The molecule has 2 atom stereocenters. The molecule has 1 aliphatic heterocycles. The highest BCUT2D eigenvalue weighted by Crippen LogP contribution is 2.43. The van der Waals surface area contributed by atoms with Crippen molar-refractivity contribution in [2.24, 2.45) is 5.92 Å². The topological polar surface area (TPSA) is 70.6 Å². The molecule has 0 unspecified atom stereocenters. The molecule has 1 saturated heterocycles. The summed E-state index contributed by atoms with van der Waals surface area (Å²) in [4.78, 5) is 11.4. The smallest absolute Gasteiger partial charge is 0.406 e. The van der Waals surface area contributed by atoms with Crippen LogP contribution in [0, 0.1) is 24.5 Å². The molecule has 3 N–H and O–H groups in total. The molecule has 5 nitrogen and oxygen atoms in total. The third-order valence-electron chi connectivity index (χ3n) is 6.03. The molecule has 0 radical (unpaired) electrons. The molecule has 7 heteroatoms. The number of carbonyl (C=O) groups excluding carboxylic acids is 1. The molecule has 0 saturated carbocycles. The van der Waals surface area contributed by atoms with Gasteiger partial charge in [0.05, 0.1) is 12.7 Å². The molecule has 0 spiro atoms. The summed E-state index contributed by atoms with van der Waals surface area (Å²) in [5.74, 6) is -1.28. The molecule has 0 aliphatic carbocycles. The zero-order chi connectivity index (χ0) is 22.4. The fraction of sp³-hybridized carbons (Fsp3) is 0.458. The number of amides is 1. The number of aliphatic hydroxyl groups is 1.